The molecule has 3 rings (SSSR count). The van der Waals surface area contributed by atoms with Gasteiger partial charge in [0.15, 0.2) is 0 Å². The van der Waals surface area contributed by atoms with Crippen LogP contribution in [-0.4, -0.2) is 29.2 Å². The van der Waals surface area contributed by atoms with Gasteiger partial charge in [0.1, 0.15) is 0 Å². The van der Waals surface area contributed by atoms with Gasteiger partial charge >= 0.3 is 5.97 Å². The summed E-state index contributed by atoms with van der Waals surface area (Å²) < 4.78 is 5.40. The van der Waals surface area contributed by atoms with Crippen molar-refractivity contribution in [2.75, 3.05) is 7.11 Å². The first-order valence-electron chi connectivity index (χ1n) is 7.67. The fourth-order valence-electron chi connectivity index (χ4n) is 3.25. The number of carboxylic acids is 1. The van der Waals surface area contributed by atoms with Crippen LogP contribution in [0.4, 0.5) is 5.69 Å². The van der Waals surface area contributed by atoms with Gasteiger partial charge < -0.3 is 9.84 Å². The summed E-state index contributed by atoms with van der Waals surface area (Å²) in [5.41, 5.74) is 2.71. The maximum absolute atomic E-state index is 11.5. The monoisotopic (exact) mass is 327 g/mol. The molecule has 0 amide bonds. The van der Waals surface area contributed by atoms with Crippen LogP contribution >= 0.6 is 0 Å². The van der Waals surface area contributed by atoms with E-state index in [1.807, 2.05) is 12.1 Å². The fraction of sp³-hybridized carbons (Fsp3) is 0.278. The number of nitro benzene ring substituents is 1. The average molecular weight is 327 g/mol. The van der Waals surface area contributed by atoms with Crippen molar-refractivity contribution in [3.63, 3.8) is 0 Å². The summed E-state index contributed by atoms with van der Waals surface area (Å²) >= 11 is 0. The Balaban J connectivity index is 2.13. The summed E-state index contributed by atoms with van der Waals surface area (Å²) in [5.74, 6) is -1.18. The molecule has 0 bridgehead atoms. The molecule has 0 saturated heterocycles. The lowest BCUT2D eigenvalue weighted by Crippen LogP contribution is -2.21. The lowest BCUT2D eigenvalue weighted by atomic mass is 9.86. The van der Waals surface area contributed by atoms with Crippen molar-refractivity contribution < 1.29 is 19.6 Å². The van der Waals surface area contributed by atoms with Crippen molar-refractivity contribution in [2.24, 2.45) is 0 Å². The first-order chi connectivity index (χ1) is 11.5. The summed E-state index contributed by atoms with van der Waals surface area (Å²) in [6.07, 6.45) is 2.68. The average Bonchev–Trinajstić information content (AvgIpc) is 2.59. The second-order valence-electron chi connectivity index (χ2n) is 5.85. The van der Waals surface area contributed by atoms with Gasteiger partial charge in [0.05, 0.1) is 22.2 Å². The van der Waals surface area contributed by atoms with Crippen LogP contribution in [0.15, 0.2) is 36.4 Å². The van der Waals surface area contributed by atoms with E-state index in [0.717, 1.165) is 30.4 Å². The van der Waals surface area contributed by atoms with E-state index in [9.17, 15) is 20.0 Å². The number of benzene rings is 2. The number of ether oxygens (including phenoxy) is 1. The van der Waals surface area contributed by atoms with Gasteiger partial charge in [-0.15, -0.1) is 0 Å². The number of hydrogen-bond acceptors (Lipinski definition) is 4. The molecule has 0 heterocycles. The molecule has 1 aliphatic rings. The Labute approximate surface area is 138 Å². The molecule has 1 aliphatic carbocycles. The molecule has 0 aromatic heterocycles. The third-order valence-electron chi connectivity index (χ3n) is 4.48. The molecular weight excluding hydrogens is 310 g/mol. The lowest BCUT2D eigenvalue weighted by Gasteiger charge is -2.24. The zero-order chi connectivity index (χ0) is 17.3. The molecule has 0 aliphatic heterocycles. The molecule has 2 aromatic carbocycles. The van der Waals surface area contributed by atoms with Gasteiger partial charge in [-0.3, -0.25) is 10.1 Å². The molecule has 124 valence electrons. The zero-order valence-electron chi connectivity index (χ0n) is 13.2. The number of nitro groups is 1. The quantitative estimate of drug-likeness (QED) is 0.686. The van der Waals surface area contributed by atoms with Gasteiger partial charge in [0.2, 0.25) is 0 Å². The van der Waals surface area contributed by atoms with Crippen LogP contribution in [0.1, 0.15) is 27.9 Å². The molecule has 0 saturated carbocycles. The van der Waals surface area contributed by atoms with E-state index in [4.69, 9.17) is 4.74 Å². The highest BCUT2D eigenvalue weighted by molar-refractivity contribution is 5.99. The lowest BCUT2D eigenvalue weighted by molar-refractivity contribution is -0.384. The standard InChI is InChI=1S/C18H17NO5/c1-24-14-8-7-11-9-13(6-5-12(11)10-14)17-15(18(20)21)3-2-4-16(17)19(22)23/h2-6,9,14H,7-8,10H2,1H3,(H,20,21). The summed E-state index contributed by atoms with van der Waals surface area (Å²) in [7, 11) is 1.69. The van der Waals surface area contributed by atoms with Crippen molar-refractivity contribution in [2.45, 2.75) is 25.4 Å². The van der Waals surface area contributed by atoms with E-state index in [0.29, 0.717) is 5.56 Å². The minimum absolute atomic E-state index is 0.0604. The summed E-state index contributed by atoms with van der Waals surface area (Å²) in [6, 6.07) is 9.67. The summed E-state index contributed by atoms with van der Waals surface area (Å²) in [4.78, 5) is 22.3. The molecule has 0 fully saturated rings. The Morgan fingerprint density at radius 2 is 2.08 bits per heavy atom. The van der Waals surface area contributed by atoms with Crippen LogP contribution in [0.2, 0.25) is 0 Å². The first-order valence-corrected chi connectivity index (χ1v) is 7.67. The number of rotatable bonds is 4. The number of fused-ring (bicyclic) bond motifs is 1. The maximum atomic E-state index is 11.5. The van der Waals surface area contributed by atoms with Crippen molar-refractivity contribution in [3.8, 4) is 11.1 Å². The molecule has 6 heteroatoms. The van der Waals surface area contributed by atoms with Crippen LogP contribution in [-0.2, 0) is 17.6 Å². The van der Waals surface area contributed by atoms with Gasteiger partial charge in [0, 0.05) is 13.2 Å². The third-order valence-corrected chi connectivity index (χ3v) is 4.48. The molecule has 6 nitrogen and oxygen atoms in total. The molecule has 24 heavy (non-hydrogen) atoms. The SMILES string of the molecule is COC1CCc2cc(-c3c(C(=O)O)cccc3[N+](=O)[O-])ccc2C1. The molecule has 0 spiro atoms. The number of nitrogens with zero attached hydrogens (tertiary/aromatic N) is 1. The van der Waals surface area contributed by atoms with E-state index in [-0.39, 0.29) is 22.9 Å². The van der Waals surface area contributed by atoms with Gasteiger partial charge in [-0.05, 0) is 42.0 Å². The molecule has 1 unspecified atom stereocenters. The number of methoxy groups -OCH3 is 1. The number of carboxylic acid groups (broad SMARTS) is 1. The zero-order valence-corrected chi connectivity index (χ0v) is 13.2. The fourth-order valence-corrected chi connectivity index (χ4v) is 3.25. The van der Waals surface area contributed by atoms with Crippen molar-refractivity contribution in [1.82, 2.24) is 0 Å². The highest BCUT2D eigenvalue weighted by Gasteiger charge is 2.25. The van der Waals surface area contributed by atoms with Crippen LogP contribution in [0.25, 0.3) is 11.1 Å². The molecule has 1 N–H and O–H groups in total. The van der Waals surface area contributed by atoms with E-state index in [1.165, 1.54) is 18.2 Å². The van der Waals surface area contributed by atoms with E-state index in [1.54, 1.807) is 13.2 Å². The number of aryl methyl sites for hydroxylation is 1. The maximum Gasteiger partial charge on any atom is 0.336 e. The largest absolute Gasteiger partial charge is 0.478 e. The molecule has 2 aromatic rings. The number of carbonyl (C=O) groups is 1. The van der Waals surface area contributed by atoms with Crippen LogP contribution in [0.3, 0.4) is 0 Å². The predicted molar refractivity (Wildman–Crippen MR) is 88.3 cm³/mol. The van der Waals surface area contributed by atoms with Gasteiger partial charge in [-0.1, -0.05) is 24.3 Å². The van der Waals surface area contributed by atoms with Crippen molar-refractivity contribution >= 4 is 11.7 Å². The number of hydrogen-bond donors (Lipinski definition) is 1. The Bertz CT molecular complexity index is 783. The Kier molecular flexibility index (Phi) is 4.31. The smallest absolute Gasteiger partial charge is 0.336 e. The second-order valence-corrected chi connectivity index (χ2v) is 5.85. The van der Waals surface area contributed by atoms with Gasteiger partial charge in [-0.2, -0.15) is 0 Å². The topological polar surface area (TPSA) is 89.7 Å². The van der Waals surface area contributed by atoms with Crippen molar-refractivity contribution in [1.29, 1.82) is 0 Å². The summed E-state index contributed by atoms with van der Waals surface area (Å²) in [5, 5.41) is 20.7. The van der Waals surface area contributed by atoms with Crippen LogP contribution in [0, 0.1) is 10.1 Å². The summed E-state index contributed by atoms with van der Waals surface area (Å²) in [6.45, 7) is 0. The molecule has 1 atom stereocenters. The van der Waals surface area contributed by atoms with E-state index < -0.39 is 10.9 Å². The Morgan fingerprint density at radius 1 is 1.29 bits per heavy atom. The van der Waals surface area contributed by atoms with Gasteiger partial charge in [-0.25, -0.2) is 4.79 Å². The second kappa shape index (κ2) is 6.41. The van der Waals surface area contributed by atoms with Crippen molar-refractivity contribution in [3.05, 3.63) is 63.2 Å². The van der Waals surface area contributed by atoms with Gasteiger partial charge in [0.25, 0.3) is 5.69 Å². The number of aromatic carboxylic acids is 1. The van der Waals surface area contributed by atoms with E-state index >= 15 is 0 Å². The minimum atomic E-state index is -1.18. The third kappa shape index (κ3) is 2.88. The molecular formula is C18H17NO5. The first kappa shape index (κ1) is 16.1. The van der Waals surface area contributed by atoms with E-state index in [2.05, 4.69) is 0 Å². The normalized spacial score (nSPS) is 16.5. The predicted octanol–water partition coefficient (Wildman–Crippen LogP) is 3.46. The molecule has 0 radical (unpaired) electrons. The Hall–Kier alpha value is -2.73. The minimum Gasteiger partial charge on any atom is -0.478 e. The highest BCUT2D eigenvalue weighted by Crippen LogP contribution is 2.36. The highest BCUT2D eigenvalue weighted by atomic mass is 16.6. The van der Waals surface area contributed by atoms with Crippen LogP contribution in [0.5, 0.6) is 0 Å². The Morgan fingerprint density at radius 3 is 2.75 bits per heavy atom. The van der Waals surface area contributed by atoms with Crippen LogP contribution < -0.4 is 0 Å².